The number of anilines is 2. The number of hydrogen-bond donors (Lipinski definition) is 0. The summed E-state index contributed by atoms with van der Waals surface area (Å²) in [7, 11) is 3.13. The number of methoxy groups -OCH3 is 1. The van der Waals surface area contributed by atoms with Gasteiger partial charge in [0.15, 0.2) is 11.3 Å². The third kappa shape index (κ3) is 6.73. The molecule has 0 radical (unpaired) electrons. The van der Waals surface area contributed by atoms with Gasteiger partial charge in [-0.2, -0.15) is 0 Å². The first-order chi connectivity index (χ1) is 20.4. The molecule has 5 rings (SSSR count). The maximum atomic E-state index is 14.0. The van der Waals surface area contributed by atoms with E-state index in [1.54, 1.807) is 33.0 Å². The van der Waals surface area contributed by atoms with Crippen LogP contribution in [0.2, 0.25) is 0 Å². The molecule has 12 heteroatoms. The van der Waals surface area contributed by atoms with E-state index in [0.29, 0.717) is 17.3 Å². The summed E-state index contributed by atoms with van der Waals surface area (Å²) >= 11 is 0. The molecule has 0 N–H and O–H groups in total. The second-order valence-corrected chi connectivity index (χ2v) is 11.9. The summed E-state index contributed by atoms with van der Waals surface area (Å²) in [5, 5.41) is 0. The van der Waals surface area contributed by atoms with Gasteiger partial charge >= 0.3 is 17.6 Å². The molecule has 3 aromatic rings. The zero-order valence-electron chi connectivity index (χ0n) is 25.2. The Balaban J connectivity index is 1.58. The Morgan fingerprint density at radius 1 is 1.09 bits per heavy atom. The quantitative estimate of drug-likeness (QED) is 0.362. The van der Waals surface area contributed by atoms with Gasteiger partial charge in [-0.3, -0.25) is 18.9 Å². The predicted octanol–water partition coefficient (Wildman–Crippen LogP) is 3.49. The normalized spacial score (nSPS) is 15.4. The van der Waals surface area contributed by atoms with Crippen LogP contribution in [0.1, 0.15) is 49.7 Å². The molecule has 12 nitrogen and oxygen atoms in total. The van der Waals surface area contributed by atoms with Gasteiger partial charge in [-0.1, -0.05) is 30.3 Å². The lowest BCUT2D eigenvalue weighted by Gasteiger charge is -2.35. The molecule has 2 fully saturated rings. The van der Waals surface area contributed by atoms with Crippen LogP contribution < -0.4 is 20.1 Å². The van der Waals surface area contributed by atoms with Gasteiger partial charge in [0.05, 0.1) is 18.5 Å². The Bertz CT molecular complexity index is 1590. The van der Waals surface area contributed by atoms with Crippen LogP contribution >= 0.6 is 0 Å². The molecule has 1 saturated carbocycles. The van der Waals surface area contributed by atoms with Crippen LogP contribution in [-0.4, -0.2) is 78.2 Å². The van der Waals surface area contributed by atoms with Crippen molar-refractivity contribution in [3.63, 3.8) is 0 Å². The molecule has 0 unspecified atom stereocenters. The number of carbonyl (C=O) groups is 3. The van der Waals surface area contributed by atoms with Crippen LogP contribution in [-0.2, 0) is 20.9 Å². The minimum Gasteiger partial charge on any atom is -0.481 e. The molecule has 1 aliphatic carbocycles. The van der Waals surface area contributed by atoms with Crippen molar-refractivity contribution in [2.45, 2.75) is 45.8 Å². The van der Waals surface area contributed by atoms with Gasteiger partial charge in [0.2, 0.25) is 11.7 Å². The number of esters is 1. The van der Waals surface area contributed by atoms with E-state index in [9.17, 15) is 19.2 Å². The summed E-state index contributed by atoms with van der Waals surface area (Å²) < 4.78 is 17.6. The Kier molecular flexibility index (Phi) is 8.30. The maximum absolute atomic E-state index is 14.0. The number of amides is 2. The molecular formula is C31H37N5O7. The van der Waals surface area contributed by atoms with E-state index >= 15 is 0 Å². The van der Waals surface area contributed by atoms with Crippen LogP contribution in [0.15, 0.2) is 47.4 Å². The first-order valence-electron chi connectivity index (χ1n) is 14.3. The Morgan fingerprint density at radius 3 is 2.44 bits per heavy atom. The minimum absolute atomic E-state index is 0.0348. The number of pyridine rings is 1. The van der Waals surface area contributed by atoms with Gasteiger partial charge in [0, 0.05) is 32.9 Å². The van der Waals surface area contributed by atoms with Crippen molar-refractivity contribution in [2.75, 3.05) is 50.1 Å². The van der Waals surface area contributed by atoms with Gasteiger partial charge in [0.1, 0.15) is 18.8 Å². The van der Waals surface area contributed by atoms with Gasteiger partial charge in [-0.05, 0) is 51.2 Å². The van der Waals surface area contributed by atoms with E-state index in [2.05, 4.69) is 4.98 Å². The van der Waals surface area contributed by atoms with Crippen molar-refractivity contribution < 1.29 is 28.6 Å². The molecule has 1 aliphatic heterocycles. The molecule has 2 aromatic heterocycles. The molecule has 0 atom stereocenters. The number of rotatable bonds is 8. The van der Waals surface area contributed by atoms with Crippen LogP contribution in [0.25, 0.3) is 5.65 Å². The van der Waals surface area contributed by atoms with E-state index < -0.39 is 23.2 Å². The zero-order valence-corrected chi connectivity index (χ0v) is 25.2. The number of ether oxygens (including phenoxy) is 3. The first-order valence-corrected chi connectivity index (χ1v) is 14.3. The number of nitrogens with zero attached hydrogens (tertiary/aromatic N) is 5. The highest BCUT2D eigenvalue weighted by molar-refractivity contribution is 6.01. The molecule has 1 aromatic carbocycles. The topological polar surface area (TPSA) is 123 Å². The van der Waals surface area contributed by atoms with E-state index in [0.717, 1.165) is 24.9 Å². The minimum atomic E-state index is -0.843. The van der Waals surface area contributed by atoms with Crippen molar-refractivity contribution >= 4 is 35.0 Å². The number of hydrogen-bond acceptors (Lipinski definition) is 9. The highest BCUT2D eigenvalue weighted by Crippen LogP contribution is 2.33. The Labute approximate surface area is 249 Å². The van der Waals surface area contributed by atoms with Crippen molar-refractivity contribution in [3.8, 4) is 5.75 Å². The van der Waals surface area contributed by atoms with E-state index in [4.69, 9.17) is 14.2 Å². The third-order valence-electron chi connectivity index (χ3n) is 7.29. The van der Waals surface area contributed by atoms with Crippen molar-refractivity contribution in [1.29, 1.82) is 0 Å². The van der Waals surface area contributed by atoms with Crippen LogP contribution in [0, 0.1) is 5.92 Å². The van der Waals surface area contributed by atoms with Crippen LogP contribution in [0.5, 0.6) is 5.75 Å². The summed E-state index contributed by atoms with van der Waals surface area (Å²) in [6.07, 6.45) is 3.34. The SMILES string of the molecule is COC(=O)c1nc2c(N3CCN(C(=O)OC(C)(C)C)CC3=O)cc(N(C)CC3CC3)cn2c(=O)c1OCc1ccccc1. The largest absolute Gasteiger partial charge is 0.481 e. The van der Waals surface area contributed by atoms with Gasteiger partial charge in [-0.15, -0.1) is 0 Å². The fourth-order valence-corrected chi connectivity index (χ4v) is 4.90. The molecule has 1 saturated heterocycles. The zero-order chi connectivity index (χ0) is 30.9. The molecule has 0 bridgehead atoms. The molecule has 228 valence electrons. The molecule has 0 spiro atoms. The highest BCUT2D eigenvalue weighted by Gasteiger charge is 2.34. The van der Waals surface area contributed by atoms with E-state index in [1.807, 2.05) is 42.3 Å². The lowest BCUT2D eigenvalue weighted by Crippen LogP contribution is -2.53. The van der Waals surface area contributed by atoms with E-state index in [1.165, 1.54) is 21.3 Å². The predicted molar refractivity (Wildman–Crippen MR) is 160 cm³/mol. The summed E-state index contributed by atoms with van der Waals surface area (Å²) in [6.45, 7) is 6.24. The average Bonchev–Trinajstić information content (AvgIpc) is 3.79. The van der Waals surface area contributed by atoms with Crippen molar-refractivity contribution in [1.82, 2.24) is 14.3 Å². The number of fused-ring (bicyclic) bond motifs is 1. The fraction of sp³-hybridized carbons (Fsp3) is 0.452. The monoisotopic (exact) mass is 591 g/mol. The van der Waals surface area contributed by atoms with Gasteiger partial charge < -0.3 is 24.0 Å². The van der Waals surface area contributed by atoms with E-state index in [-0.39, 0.29) is 49.2 Å². The van der Waals surface area contributed by atoms with Crippen molar-refractivity contribution in [2.24, 2.45) is 5.92 Å². The average molecular weight is 592 g/mol. The third-order valence-corrected chi connectivity index (χ3v) is 7.29. The van der Waals surface area contributed by atoms with Gasteiger partial charge in [-0.25, -0.2) is 14.6 Å². The number of aromatic nitrogens is 2. The Hall–Kier alpha value is -4.61. The van der Waals surface area contributed by atoms with Crippen LogP contribution in [0.3, 0.4) is 0 Å². The smallest absolute Gasteiger partial charge is 0.410 e. The second kappa shape index (κ2) is 11.9. The molecule has 3 heterocycles. The summed E-state index contributed by atoms with van der Waals surface area (Å²) in [6, 6.07) is 11.0. The lowest BCUT2D eigenvalue weighted by molar-refractivity contribution is -0.121. The lowest BCUT2D eigenvalue weighted by atomic mass is 10.2. The molecule has 2 aliphatic rings. The Morgan fingerprint density at radius 2 is 1.81 bits per heavy atom. The summed E-state index contributed by atoms with van der Waals surface area (Å²) in [4.78, 5) is 62.5. The number of benzene rings is 1. The summed E-state index contributed by atoms with van der Waals surface area (Å²) in [5.74, 6) is -0.907. The number of carbonyl (C=O) groups excluding carboxylic acids is 3. The summed E-state index contributed by atoms with van der Waals surface area (Å²) in [5.41, 5.74) is 0.331. The molecular weight excluding hydrogens is 554 g/mol. The fourth-order valence-electron chi connectivity index (χ4n) is 4.90. The molecule has 43 heavy (non-hydrogen) atoms. The second-order valence-electron chi connectivity index (χ2n) is 11.9. The standard InChI is InChI=1S/C31H37N5O7/c1-31(2,3)43-30(40)34-13-14-35(24(37)18-34)23-15-22(33(4)16-20-11-12-20)17-36-27(23)32-25(29(39)41-5)26(28(36)38)42-19-21-9-7-6-8-10-21/h6-10,15,17,20H,11-14,16,18-19H2,1-5H3. The first kappa shape index (κ1) is 29.9. The van der Waals surface area contributed by atoms with Crippen molar-refractivity contribution in [3.05, 3.63) is 64.2 Å². The highest BCUT2D eigenvalue weighted by atomic mass is 16.6. The number of piperazine rings is 1. The van der Waals surface area contributed by atoms with Crippen LogP contribution in [0.4, 0.5) is 16.2 Å². The molecule has 2 amide bonds. The van der Waals surface area contributed by atoms with Gasteiger partial charge in [0.25, 0.3) is 0 Å². The maximum Gasteiger partial charge on any atom is 0.410 e.